The van der Waals surface area contributed by atoms with E-state index in [4.69, 9.17) is 0 Å². The third-order valence-electron chi connectivity index (χ3n) is 4.25. The van der Waals surface area contributed by atoms with Gasteiger partial charge in [0.05, 0.1) is 32.3 Å². The summed E-state index contributed by atoms with van der Waals surface area (Å²) < 4.78 is 45.3. The van der Waals surface area contributed by atoms with Gasteiger partial charge >= 0.3 is 0 Å². The number of nitrogens with zero attached hydrogens (tertiary/aromatic N) is 2. The minimum atomic E-state index is -1.38. The second kappa shape index (κ2) is 10.3. The minimum Gasteiger partial charge on any atom is -0.295 e. The van der Waals surface area contributed by atoms with Crippen LogP contribution in [0.15, 0.2) is 33.1 Å². The average molecular weight is 550 g/mol. The fourth-order valence-corrected chi connectivity index (χ4v) is 5.56. The largest absolute Gasteiger partial charge is 0.295 e. The monoisotopic (exact) mass is 548 g/mol. The van der Waals surface area contributed by atoms with Crippen molar-refractivity contribution < 1.29 is 13.0 Å². The molecule has 31 heavy (non-hydrogen) atoms. The van der Waals surface area contributed by atoms with Crippen LogP contribution >= 0.6 is 39.0 Å². The molecule has 0 spiro atoms. The normalized spacial score (nSPS) is 14.2. The Morgan fingerprint density at radius 2 is 1.87 bits per heavy atom. The first kappa shape index (κ1) is 24.7. The number of fused-ring (bicyclic) bond motifs is 1. The van der Waals surface area contributed by atoms with Crippen molar-refractivity contribution in [1.29, 1.82) is 0 Å². The van der Waals surface area contributed by atoms with Crippen LogP contribution in [0.5, 0.6) is 0 Å². The number of thioether (sulfide) groups is 1. The van der Waals surface area contributed by atoms with Crippen molar-refractivity contribution in [3.8, 4) is 0 Å². The van der Waals surface area contributed by atoms with Gasteiger partial charge in [0.25, 0.3) is 0 Å². The summed E-state index contributed by atoms with van der Waals surface area (Å²) in [7, 11) is -1.38. The minimum absolute atomic E-state index is 0.240. The Morgan fingerprint density at radius 1 is 1.19 bits per heavy atom. The van der Waals surface area contributed by atoms with Crippen LogP contribution in [0.4, 0.5) is 8.78 Å². The zero-order chi connectivity index (χ0) is 22.8. The van der Waals surface area contributed by atoms with Crippen LogP contribution in [-0.2, 0) is 24.0 Å². The summed E-state index contributed by atoms with van der Waals surface area (Å²) >= 11 is 6.70. The Bertz CT molecular complexity index is 1080. The molecule has 0 aliphatic rings. The van der Waals surface area contributed by atoms with E-state index in [9.17, 15) is 13.0 Å². The lowest BCUT2D eigenvalue weighted by molar-refractivity contribution is 0.475. The fraction of sp³-hybridized carbons (Fsp3) is 0.400. The van der Waals surface area contributed by atoms with Gasteiger partial charge in [-0.2, -0.15) is 0 Å². The van der Waals surface area contributed by atoms with E-state index in [1.165, 1.54) is 12.1 Å². The number of benzene rings is 1. The zero-order valence-electron chi connectivity index (χ0n) is 17.5. The van der Waals surface area contributed by atoms with Crippen molar-refractivity contribution in [2.24, 2.45) is 0 Å². The number of halogens is 3. The van der Waals surface area contributed by atoms with E-state index in [1.54, 1.807) is 23.1 Å². The molecule has 0 saturated carbocycles. The molecule has 2 heterocycles. The van der Waals surface area contributed by atoms with Gasteiger partial charge in [-0.3, -0.25) is 5.32 Å². The first-order valence-corrected chi connectivity index (χ1v) is 13.4. The predicted octanol–water partition coefficient (Wildman–Crippen LogP) is 5.16. The molecule has 168 valence electrons. The molecule has 3 aromatic rings. The Labute approximate surface area is 199 Å². The molecule has 1 aromatic carbocycles. The molecule has 0 fully saturated rings. The molecular weight excluding hydrogens is 526 g/mol. The number of thiazole rings is 1. The van der Waals surface area contributed by atoms with Gasteiger partial charge in [-0.1, -0.05) is 11.8 Å². The fourth-order valence-electron chi connectivity index (χ4n) is 2.71. The maximum Gasteiger partial charge on any atom is 0.171 e. The van der Waals surface area contributed by atoms with E-state index < -0.39 is 33.5 Å². The van der Waals surface area contributed by atoms with E-state index in [0.29, 0.717) is 17.8 Å². The average Bonchev–Trinajstić information content (AvgIpc) is 3.06. The maximum atomic E-state index is 13.6. The molecule has 2 atom stereocenters. The number of rotatable bonds is 8. The maximum absolute atomic E-state index is 13.6. The summed E-state index contributed by atoms with van der Waals surface area (Å²) in [6.45, 7) is 5.91. The van der Waals surface area contributed by atoms with E-state index >= 15 is 0 Å². The van der Waals surface area contributed by atoms with E-state index in [0.717, 1.165) is 25.3 Å². The summed E-state index contributed by atoms with van der Waals surface area (Å²) in [4.78, 5) is 9.13. The molecule has 5 nitrogen and oxygen atoms in total. The Morgan fingerprint density at radius 3 is 2.48 bits per heavy atom. The topological polar surface area (TPSA) is 66.9 Å². The lowest BCUT2D eigenvalue weighted by Gasteiger charge is -2.25. The molecule has 2 N–H and O–H groups in total. The second-order valence-corrected chi connectivity index (χ2v) is 12.8. The van der Waals surface area contributed by atoms with Gasteiger partial charge in [-0.15, -0.1) is 11.3 Å². The van der Waals surface area contributed by atoms with Crippen LogP contribution in [0.3, 0.4) is 0 Å². The van der Waals surface area contributed by atoms with Crippen LogP contribution in [0.1, 0.15) is 32.0 Å². The van der Waals surface area contributed by atoms with Gasteiger partial charge in [-0.05, 0) is 66.7 Å². The van der Waals surface area contributed by atoms with E-state index in [2.05, 4.69) is 35.9 Å². The molecule has 0 amide bonds. The van der Waals surface area contributed by atoms with Gasteiger partial charge in [0.2, 0.25) is 0 Å². The van der Waals surface area contributed by atoms with Crippen LogP contribution < -0.4 is 10.0 Å². The lowest BCUT2D eigenvalue weighted by atomic mass is 10.1. The van der Waals surface area contributed by atoms with Crippen molar-refractivity contribution in [3.05, 3.63) is 51.6 Å². The summed E-state index contributed by atoms with van der Waals surface area (Å²) in [6.07, 6.45) is 1.71. The highest BCUT2D eigenvalue weighted by Gasteiger charge is 2.23. The van der Waals surface area contributed by atoms with E-state index in [1.807, 2.05) is 33.1 Å². The van der Waals surface area contributed by atoms with Gasteiger partial charge < -0.3 is 0 Å². The van der Waals surface area contributed by atoms with Crippen LogP contribution in [0.2, 0.25) is 0 Å². The summed E-state index contributed by atoms with van der Waals surface area (Å²) in [5.41, 5.74) is 1.87. The number of nitrogens with one attached hydrogen (secondary N) is 2. The highest BCUT2D eigenvalue weighted by molar-refractivity contribution is 9.10. The molecule has 0 saturated heterocycles. The third-order valence-corrected chi connectivity index (χ3v) is 8.52. The lowest BCUT2D eigenvalue weighted by Crippen LogP contribution is -2.48. The Hall–Kier alpha value is -0.980. The number of hydrogen-bond acceptors (Lipinski definition) is 6. The highest BCUT2D eigenvalue weighted by atomic mass is 79.9. The number of hydrogen-bond donors (Lipinski definition) is 2. The zero-order valence-corrected chi connectivity index (χ0v) is 21.5. The molecular formula is C20H23BrF2N4OS3. The van der Waals surface area contributed by atoms with Crippen molar-refractivity contribution >= 4 is 60.4 Å². The van der Waals surface area contributed by atoms with Gasteiger partial charge in [0, 0.05) is 23.5 Å². The standard InChI is InChI=1S/C20H23BrF2N4OS3/c1-20(2,3)31(28)27-17(7-11-5-12(22)8-13(23)6-11)24-10-15-14(21)9-16-18(25-15)26-19(29-4)30-16/h5-6,8-9,17,24,27H,7,10H2,1-4H3. The third kappa shape index (κ3) is 6.75. The van der Waals surface area contributed by atoms with Crippen LogP contribution in [-0.4, -0.2) is 31.3 Å². The van der Waals surface area contributed by atoms with E-state index in [-0.39, 0.29) is 6.42 Å². The molecule has 11 heteroatoms. The quantitative estimate of drug-likeness (QED) is 0.300. The number of aromatic nitrogens is 2. The molecule has 0 aliphatic heterocycles. The first-order chi connectivity index (χ1) is 14.5. The predicted molar refractivity (Wildman–Crippen MR) is 129 cm³/mol. The second-order valence-electron chi connectivity index (χ2n) is 7.84. The van der Waals surface area contributed by atoms with Crippen molar-refractivity contribution in [2.75, 3.05) is 6.26 Å². The van der Waals surface area contributed by atoms with Gasteiger partial charge in [0.1, 0.15) is 11.6 Å². The number of pyridine rings is 1. The van der Waals surface area contributed by atoms with Crippen molar-refractivity contribution in [1.82, 2.24) is 20.0 Å². The first-order valence-electron chi connectivity index (χ1n) is 9.41. The summed E-state index contributed by atoms with van der Waals surface area (Å²) in [5, 5.41) is 3.28. The molecule has 0 bridgehead atoms. The molecule has 2 aromatic heterocycles. The summed E-state index contributed by atoms with van der Waals surface area (Å²) in [6, 6.07) is 5.37. The highest BCUT2D eigenvalue weighted by Crippen LogP contribution is 2.30. The van der Waals surface area contributed by atoms with Crippen LogP contribution in [0, 0.1) is 11.6 Å². The molecule has 2 unspecified atom stereocenters. The van der Waals surface area contributed by atoms with Gasteiger partial charge in [-0.25, -0.2) is 27.7 Å². The summed E-state index contributed by atoms with van der Waals surface area (Å²) in [5.74, 6) is -1.29. The molecule has 0 radical (unpaired) electrons. The smallest absolute Gasteiger partial charge is 0.171 e. The molecule has 0 aliphatic carbocycles. The van der Waals surface area contributed by atoms with Crippen molar-refractivity contribution in [2.45, 2.75) is 49.0 Å². The van der Waals surface area contributed by atoms with Crippen LogP contribution in [0.25, 0.3) is 10.3 Å². The Kier molecular flexibility index (Phi) is 8.20. The van der Waals surface area contributed by atoms with Crippen molar-refractivity contribution in [3.63, 3.8) is 0 Å². The Balaban J connectivity index is 1.81. The van der Waals surface area contributed by atoms with Gasteiger partial charge in [0.15, 0.2) is 9.99 Å². The SMILES string of the molecule is CSc1nc2nc(CNC(Cc3cc(F)cc(F)c3)NS(=O)C(C)(C)C)c(Br)cc2s1. The molecule has 3 rings (SSSR count).